The molecule has 0 aliphatic rings. The Morgan fingerprint density at radius 3 is 2.25 bits per heavy atom. The number of nitrogens with one attached hydrogen (secondary N) is 1. The van der Waals surface area contributed by atoms with Crippen LogP contribution in [0.25, 0.3) is 0 Å². The Balaban J connectivity index is 3.24. The molecule has 0 amide bonds. The number of hydrogen-bond donors (Lipinski definition) is 1. The van der Waals surface area contributed by atoms with E-state index in [0.29, 0.717) is 5.31 Å². The first kappa shape index (κ1) is 7.73. The second kappa shape index (κ2) is 2.90. The van der Waals surface area contributed by atoms with Crippen molar-refractivity contribution in [3.8, 4) is 0 Å². The minimum atomic E-state index is 0.400. The van der Waals surface area contributed by atoms with Crippen molar-refractivity contribution in [1.82, 2.24) is 0 Å². The molecular formula is C6H14BN. The summed E-state index contributed by atoms with van der Waals surface area (Å²) in [6, 6.07) is 0. The minimum Gasteiger partial charge on any atom is -0.313 e. The second-order valence-corrected chi connectivity index (χ2v) is 3.30. The van der Waals surface area contributed by atoms with E-state index in [0.717, 1.165) is 12.8 Å². The summed E-state index contributed by atoms with van der Waals surface area (Å²) < 4.78 is 0. The predicted molar refractivity (Wildman–Crippen MR) is 40.6 cm³/mol. The molecule has 1 nitrogen and oxygen atoms in total. The van der Waals surface area contributed by atoms with Gasteiger partial charge >= 0.3 is 0 Å². The number of rotatable bonds is 3. The lowest BCUT2D eigenvalue weighted by Crippen LogP contribution is -2.01. The highest BCUT2D eigenvalue weighted by molar-refractivity contribution is 6.14. The third kappa shape index (κ3) is 5.73. The predicted octanol–water partition coefficient (Wildman–Crippen LogP) is 1.25. The molecule has 0 saturated carbocycles. The molecule has 0 aromatic carbocycles. The molecule has 0 bridgehead atoms. The zero-order valence-electron chi connectivity index (χ0n) is 5.99. The van der Waals surface area contributed by atoms with Crippen LogP contribution in [0.5, 0.6) is 0 Å². The van der Waals surface area contributed by atoms with Gasteiger partial charge in [0.25, 0.3) is 0 Å². The van der Waals surface area contributed by atoms with E-state index in [-0.39, 0.29) is 0 Å². The monoisotopic (exact) mass is 111 g/mol. The fraction of sp³-hybridized carbons (Fsp3) is 0.833. The van der Waals surface area contributed by atoms with Gasteiger partial charge in [0.2, 0.25) is 0 Å². The maximum Gasteiger partial charge on any atom is 0.108 e. The van der Waals surface area contributed by atoms with Crippen LogP contribution in [0.2, 0.25) is 5.31 Å². The summed E-state index contributed by atoms with van der Waals surface area (Å²) in [6.45, 7) is 4.38. The van der Waals surface area contributed by atoms with Crippen LogP contribution >= 0.6 is 0 Å². The van der Waals surface area contributed by atoms with Crippen LogP contribution in [0.1, 0.15) is 26.7 Å². The highest BCUT2D eigenvalue weighted by Gasteiger charge is 2.07. The molecule has 0 saturated heterocycles. The summed E-state index contributed by atoms with van der Waals surface area (Å²) in [6.07, 6.45) is 3.52. The quantitative estimate of drug-likeness (QED) is 0.418. The van der Waals surface area contributed by atoms with Gasteiger partial charge in [0.15, 0.2) is 0 Å². The van der Waals surface area contributed by atoms with Gasteiger partial charge in [0.1, 0.15) is 7.85 Å². The highest BCUT2D eigenvalue weighted by Crippen LogP contribution is 2.23. The van der Waals surface area contributed by atoms with E-state index >= 15 is 0 Å². The van der Waals surface area contributed by atoms with Gasteiger partial charge in [-0.05, 0) is 12.6 Å². The van der Waals surface area contributed by atoms with E-state index in [1.165, 1.54) is 6.21 Å². The molecule has 46 valence electrons. The second-order valence-electron chi connectivity index (χ2n) is 3.30. The third-order valence-electron chi connectivity index (χ3n) is 1.04. The molecule has 0 aliphatic carbocycles. The molecule has 0 fully saturated rings. The molecule has 2 heteroatoms. The van der Waals surface area contributed by atoms with E-state index in [1.54, 1.807) is 0 Å². The van der Waals surface area contributed by atoms with Crippen molar-refractivity contribution in [2.75, 3.05) is 0 Å². The molecule has 0 aliphatic heterocycles. The standard InChI is InChI=1S/C6H14BN/c1-6(2,7)4-3-5-8/h5,8H,3-4,7H2,1-2H3. The summed E-state index contributed by atoms with van der Waals surface area (Å²) in [5.74, 6) is 0. The largest absolute Gasteiger partial charge is 0.313 e. The molecule has 0 atom stereocenters. The Bertz CT molecular complexity index is 73.1. The Kier molecular flexibility index (Phi) is 2.81. The van der Waals surface area contributed by atoms with Gasteiger partial charge in [-0.1, -0.05) is 25.6 Å². The normalized spacial score (nSPS) is 11.2. The van der Waals surface area contributed by atoms with Crippen molar-refractivity contribution in [2.45, 2.75) is 32.0 Å². The van der Waals surface area contributed by atoms with E-state index < -0.39 is 0 Å². The lowest BCUT2D eigenvalue weighted by Gasteiger charge is -2.15. The Hall–Kier alpha value is -0.265. The first-order chi connectivity index (χ1) is 3.56. The van der Waals surface area contributed by atoms with E-state index in [4.69, 9.17) is 5.41 Å². The average Bonchev–Trinajstić information content (AvgIpc) is 1.59. The fourth-order valence-electron chi connectivity index (χ4n) is 0.505. The molecule has 1 N–H and O–H groups in total. The Labute approximate surface area is 52.4 Å². The zero-order valence-corrected chi connectivity index (χ0v) is 5.99. The summed E-state index contributed by atoms with van der Waals surface area (Å²) in [7, 11) is 2.19. The molecule has 8 heavy (non-hydrogen) atoms. The van der Waals surface area contributed by atoms with Gasteiger partial charge < -0.3 is 5.41 Å². The van der Waals surface area contributed by atoms with Crippen LogP contribution in [-0.4, -0.2) is 14.1 Å². The molecular weight excluding hydrogens is 96.9 g/mol. The summed E-state index contributed by atoms with van der Waals surface area (Å²) in [5.41, 5.74) is 0. The van der Waals surface area contributed by atoms with Gasteiger partial charge in [-0.15, -0.1) is 0 Å². The Morgan fingerprint density at radius 1 is 1.62 bits per heavy atom. The lowest BCUT2D eigenvalue weighted by atomic mass is 9.69. The van der Waals surface area contributed by atoms with Gasteiger partial charge in [0, 0.05) is 0 Å². The number of hydrogen-bond acceptors (Lipinski definition) is 1. The van der Waals surface area contributed by atoms with Crippen molar-refractivity contribution in [2.24, 2.45) is 0 Å². The SMILES string of the molecule is BC(C)(C)CCC=N. The van der Waals surface area contributed by atoms with Gasteiger partial charge in [-0.3, -0.25) is 0 Å². The molecule has 0 aromatic heterocycles. The van der Waals surface area contributed by atoms with Crippen LogP contribution in [-0.2, 0) is 0 Å². The van der Waals surface area contributed by atoms with Crippen LogP contribution in [0.3, 0.4) is 0 Å². The van der Waals surface area contributed by atoms with Crippen LogP contribution in [0.4, 0.5) is 0 Å². The minimum absolute atomic E-state index is 0.400. The summed E-state index contributed by atoms with van der Waals surface area (Å²) in [5, 5.41) is 7.16. The topological polar surface area (TPSA) is 23.9 Å². The van der Waals surface area contributed by atoms with Crippen molar-refractivity contribution < 1.29 is 0 Å². The van der Waals surface area contributed by atoms with Gasteiger partial charge in [0.05, 0.1) is 0 Å². The van der Waals surface area contributed by atoms with Crippen LogP contribution in [0.15, 0.2) is 0 Å². The maximum absolute atomic E-state index is 6.76. The van der Waals surface area contributed by atoms with Crippen molar-refractivity contribution in [3.63, 3.8) is 0 Å². The van der Waals surface area contributed by atoms with Crippen LogP contribution in [0, 0.1) is 5.41 Å². The molecule has 0 rings (SSSR count). The molecule has 0 unspecified atom stereocenters. The molecule has 0 radical (unpaired) electrons. The van der Waals surface area contributed by atoms with E-state index in [1.807, 2.05) is 0 Å². The fourth-order valence-corrected chi connectivity index (χ4v) is 0.505. The van der Waals surface area contributed by atoms with Crippen LogP contribution < -0.4 is 0 Å². The smallest absolute Gasteiger partial charge is 0.108 e. The van der Waals surface area contributed by atoms with E-state index in [9.17, 15) is 0 Å². The summed E-state index contributed by atoms with van der Waals surface area (Å²) in [4.78, 5) is 0. The van der Waals surface area contributed by atoms with Crippen molar-refractivity contribution >= 4 is 14.1 Å². The lowest BCUT2D eigenvalue weighted by molar-refractivity contribution is 0.633. The molecule has 0 spiro atoms. The Morgan fingerprint density at radius 2 is 2.12 bits per heavy atom. The van der Waals surface area contributed by atoms with Crippen molar-refractivity contribution in [3.05, 3.63) is 0 Å². The van der Waals surface area contributed by atoms with Gasteiger partial charge in [-0.25, -0.2) is 0 Å². The maximum atomic E-state index is 6.76. The van der Waals surface area contributed by atoms with E-state index in [2.05, 4.69) is 21.7 Å². The highest BCUT2D eigenvalue weighted by atomic mass is 14.3. The average molecular weight is 111 g/mol. The van der Waals surface area contributed by atoms with Crippen molar-refractivity contribution in [1.29, 1.82) is 5.41 Å². The molecule has 0 heterocycles. The summed E-state index contributed by atoms with van der Waals surface area (Å²) >= 11 is 0. The first-order valence-electron chi connectivity index (χ1n) is 3.05. The third-order valence-corrected chi connectivity index (χ3v) is 1.04. The van der Waals surface area contributed by atoms with Gasteiger partial charge in [-0.2, -0.15) is 0 Å². The first-order valence-corrected chi connectivity index (χ1v) is 3.05. The zero-order chi connectivity index (χ0) is 6.62. The molecule has 0 aromatic rings.